The van der Waals surface area contributed by atoms with Gasteiger partial charge in [-0.1, -0.05) is 34.5 Å². The Balaban J connectivity index is 1.81. The normalized spacial score (nSPS) is 30.3. The summed E-state index contributed by atoms with van der Waals surface area (Å²) in [6, 6.07) is 9.72. The van der Waals surface area contributed by atoms with E-state index in [9.17, 15) is 10.1 Å². The third kappa shape index (κ3) is 1.89. The lowest BCUT2D eigenvalue weighted by Gasteiger charge is -2.10. The molecule has 0 heterocycles. The maximum absolute atomic E-state index is 12.4. The van der Waals surface area contributed by atoms with E-state index in [1.54, 1.807) is 0 Å². The Hall–Kier alpha value is -1.14. The zero-order valence-corrected chi connectivity index (χ0v) is 11.6. The topological polar surface area (TPSA) is 40.9 Å². The van der Waals surface area contributed by atoms with E-state index in [0.717, 1.165) is 10.0 Å². The van der Waals surface area contributed by atoms with Crippen molar-refractivity contribution in [2.24, 2.45) is 17.8 Å². The van der Waals surface area contributed by atoms with Gasteiger partial charge in [-0.2, -0.15) is 5.26 Å². The van der Waals surface area contributed by atoms with Gasteiger partial charge >= 0.3 is 0 Å². The van der Waals surface area contributed by atoms with Gasteiger partial charge in [-0.15, -0.1) is 0 Å². The summed E-state index contributed by atoms with van der Waals surface area (Å²) >= 11 is 3.39. The molecule has 0 saturated heterocycles. The Kier molecular flexibility index (Phi) is 2.99. The average molecular weight is 304 g/mol. The van der Waals surface area contributed by atoms with Gasteiger partial charge < -0.3 is 0 Å². The van der Waals surface area contributed by atoms with Crippen LogP contribution in [0.25, 0.3) is 0 Å². The van der Waals surface area contributed by atoms with E-state index in [0.29, 0.717) is 11.8 Å². The summed E-state index contributed by atoms with van der Waals surface area (Å²) in [6.45, 7) is 0. The molecule has 1 aromatic carbocycles. The Morgan fingerprint density at radius 1 is 1.39 bits per heavy atom. The van der Waals surface area contributed by atoms with Crippen LogP contribution >= 0.6 is 15.9 Å². The Bertz CT molecular complexity index is 524. The quantitative estimate of drug-likeness (QED) is 0.855. The second kappa shape index (κ2) is 4.51. The van der Waals surface area contributed by atoms with Gasteiger partial charge in [0.1, 0.15) is 5.92 Å². The summed E-state index contributed by atoms with van der Waals surface area (Å²) < 4.78 is 0.920. The molecule has 0 N–H and O–H groups in total. The predicted molar refractivity (Wildman–Crippen MR) is 71.8 cm³/mol. The van der Waals surface area contributed by atoms with Crippen molar-refractivity contribution in [2.45, 2.75) is 25.2 Å². The zero-order chi connectivity index (χ0) is 12.7. The molecule has 0 bridgehead atoms. The molecule has 92 valence electrons. The summed E-state index contributed by atoms with van der Waals surface area (Å²) in [7, 11) is 0. The molecule has 3 rings (SSSR count). The van der Waals surface area contributed by atoms with Crippen molar-refractivity contribution in [3.8, 4) is 6.07 Å². The number of benzene rings is 1. The largest absolute Gasteiger partial charge is 0.298 e. The molecule has 0 radical (unpaired) electrons. The third-order valence-corrected chi connectivity index (χ3v) is 4.82. The van der Waals surface area contributed by atoms with Crippen molar-refractivity contribution in [2.75, 3.05) is 0 Å². The van der Waals surface area contributed by atoms with Crippen LogP contribution in [-0.2, 0) is 4.79 Å². The van der Waals surface area contributed by atoms with Crippen LogP contribution in [0, 0.1) is 29.1 Å². The molecule has 2 fully saturated rings. The second-order valence-corrected chi connectivity index (χ2v) is 6.22. The molecule has 2 aliphatic carbocycles. The van der Waals surface area contributed by atoms with E-state index in [4.69, 9.17) is 0 Å². The lowest BCUT2D eigenvalue weighted by atomic mass is 9.91. The van der Waals surface area contributed by atoms with Gasteiger partial charge in [-0.05, 0) is 42.4 Å². The minimum atomic E-state index is -0.585. The Morgan fingerprint density at radius 2 is 2.11 bits per heavy atom. The molecule has 1 aromatic rings. The van der Waals surface area contributed by atoms with Crippen LogP contribution < -0.4 is 0 Å². The molecule has 3 atom stereocenters. The van der Waals surface area contributed by atoms with Gasteiger partial charge in [0.05, 0.1) is 6.07 Å². The number of hydrogen-bond acceptors (Lipinski definition) is 2. The van der Waals surface area contributed by atoms with Crippen molar-refractivity contribution >= 4 is 21.7 Å². The second-order valence-electron chi connectivity index (χ2n) is 5.30. The number of fused-ring (bicyclic) bond motifs is 1. The third-order valence-electron chi connectivity index (χ3n) is 4.33. The zero-order valence-electron chi connectivity index (χ0n) is 9.97. The number of rotatable bonds is 3. The van der Waals surface area contributed by atoms with Gasteiger partial charge in [-0.25, -0.2) is 0 Å². The van der Waals surface area contributed by atoms with E-state index in [1.165, 1.54) is 19.3 Å². The van der Waals surface area contributed by atoms with Crippen LogP contribution in [0.2, 0.25) is 0 Å². The highest BCUT2D eigenvalue weighted by Gasteiger charge is 2.57. The minimum Gasteiger partial charge on any atom is -0.298 e. The SMILES string of the molecule is N#CC(C(=O)C1C2CCCC21)c1cccc(Br)c1. The molecule has 3 heteroatoms. The van der Waals surface area contributed by atoms with Crippen molar-refractivity contribution in [1.82, 2.24) is 0 Å². The van der Waals surface area contributed by atoms with Gasteiger partial charge in [-0.3, -0.25) is 4.79 Å². The van der Waals surface area contributed by atoms with Gasteiger partial charge in [0.2, 0.25) is 0 Å². The lowest BCUT2D eigenvalue weighted by molar-refractivity contribution is -0.121. The highest BCUT2D eigenvalue weighted by molar-refractivity contribution is 9.10. The van der Waals surface area contributed by atoms with Gasteiger partial charge in [0.25, 0.3) is 0 Å². The smallest absolute Gasteiger partial charge is 0.158 e. The number of nitriles is 1. The molecular weight excluding hydrogens is 290 g/mol. The molecule has 2 nitrogen and oxygen atoms in total. The van der Waals surface area contributed by atoms with Crippen LogP contribution in [0.3, 0.4) is 0 Å². The summed E-state index contributed by atoms with van der Waals surface area (Å²) in [5, 5.41) is 9.29. The van der Waals surface area contributed by atoms with E-state index >= 15 is 0 Å². The van der Waals surface area contributed by atoms with Crippen LogP contribution in [0.1, 0.15) is 30.7 Å². The molecular formula is C15H14BrNO. The first kappa shape index (κ1) is 11.9. The molecule has 3 unspecified atom stereocenters. The van der Waals surface area contributed by atoms with Crippen molar-refractivity contribution < 1.29 is 4.79 Å². The number of ketones is 1. The Morgan fingerprint density at radius 3 is 2.72 bits per heavy atom. The molecule has 0 amide bonds. The monoisotopic (exact) mass is 303 g/mol. The first-order valence-corrected chi connectivity index (χ1v) is 7.20. The van der Waals surface area contributed by atoms with E-state index in [1.807, 2.05) is 24.3 Å². The maximum Gasteiger partial charge on any atom is 0.158 e. The first-order valence-electron chi connectivity index (χ1n) is 6.41. The number of carbonyl (C=O) groups is 1. The van der Waals surface area contributed by atoms with Crippen molar-refractivity contribution in [3.63, 3.8) is 0 Å². The van der Waals surface area contributed by atoms with Crippen LogP contribution in [0.5, 0.6) is 0 Å². The summed E-state index contributed by atoms with van der Waals surface area (Å²) in [5.74, 6) is 0.895. The number of hydrogen-bond donors (Lipinski definition) is 0. The highest BCUT2D eigenvalue weighted by atomic mass is 79.9. The number of nitrogens with zero attached hydrogens (tertiary/aromatic N) is 1. The fourth-order valence-corrected chi connectivity index (χ4v) is 3.84. The van der Waals surface area contributed by atoms with Crippen molar-refractivity contribution in [3.05, 3.63) is 34.3 Å². The van der Waals surface area contributed by atoms with Crippen molar-refractivity contribution in [1.29, 1.82) is 5.26 Å². The molecule has 2 saturated carbocycles. The van der Waals surface area contributed by atoms with Gasteiger partial charge in [0, 0.05) is 10.4 Å². The first-order chi connectivity index (χ1) is 8.72. The molecule has 18 heavy (non-hydrogen) atoms. The summed E-state index contributed by atoms with van der Waals surface area (Å²) in [4.78, 5) is 12.4. The Labute approximate surface area is 115 Å². The molecule has 0 aliphatic heterocycles. The van der Waals surface area contributed by atoms with Crippen LogP contribution in [0.4, 0.5) is 0 Å². The van der Waals surface area contributed by atoms with E-state index in [-0.39, 0.29) is 11.7 Å². The summed E-state index contributed by atoms with van der Waals surface area (Å²) in [5.41, 5.74) is 0.821. The number of Topliss-reactive ketones (excluding diaryl/α,β-unsaturated/α-hetero) is 1. The minimum absolute atomic E-state index is 0.144. The molecule has 0 spiro atoms. The fraction of sp³-hybridized carbons (Fsp3) is 0.467. The number of halogens is 1. The van der Waals surface area contributed by atoms with E-state index in [2.05, 4.69) is 22.0 Å². The predicted octanol–water partition coefficient (Wildman–Crippen LogP) is 3.67. The fourth-order valence-electron chi connectivity index (χ4n) is 3.42. The standard InChI is InChI=1S/C15H14BrNO/c16-10-4-1-3-9(7-10)13(8-17)15(18)14-11-5-2-6-12(11)14/h1,3-4,7,11-14H,2,5-6H2. The summed E-state index contributed by atoms with van der Waals surface area (Å²) in [6.07, 6.45) is 3.61. The van der Waals surface area contributed by atoms with E-state index < -0.39 is 5.92 Å². The maximum atomic E-state index is 12.4. The highest BCUT2D eigenvalue weighted by Crippen LogP contribution is 2.59. The van der Waals surface area contributed by atoms with Gasteiger partial charge in [0.15, 0.2) is 5.78 Å². The van der Waals surface area contributed by atoms with Crippen LogP contribution in [-0.4, -0.2) is 5.78 Å². The lowest BCUT2D eigenvalue weighted by Crippen LogP contribution is -2.15. The number of carbonyl (C=O) groups excluding carboxylic acids is 1. The van der Waals surface area contributed by atoms with Crippen LogP contribution in [0.15, 0.2) is 28.7 Å². The average Bonchev–Trinajstić information content (AvgIpc) is 2.84. The molecule has 2 aliphatic rings. The molecule has 0 aromatic heterocycles.